The van der Waals surface area contributed by atoms with Crippen molar-refractivity contribution in [3.05, 3.63) is 24.3 Å². The summed E-state index contributed by atoms with van der Waals surface area (Å²) in [6, 6.07) is 0. The summed E-state index contributed by atoms with van der Waals surface area (Å²) in [4.78, 5) is 34.7. The molecule has 3 atom stereocenters. The quantitative estimate of drug-likeness (QED) is 0.0185. The van der Waals surface area contributed by atoms with Gasteiger partial charge in [-0.05, 0) is 19.3 Å². The summed E-state index contributed by atoms with van der Waals surface area (Å²) in [5, 5.41) is 18.3. The largest absolute Gasteiger partial charge is 0.472 e. The zero-order valence-corrected chi connectivity index (χ0v) is 32.5. The molecule has 11 heteroatoms. The highest BCUT2D eigenvalue weighted by atomic mass is 31.2. The maximum atomic E-state index is 12.4. The van der Waals surface area contributed by atoms with Crippen LogP contribution in [0.2, 0.25) is 0 Å². The molecule has 0 fully saturated rings. The van der Waals surface area contributed by atoms with Crippen molar-refractivity contribution in [2.75, 3.05) is 26.4 Å². The van der Waals surface area contributed by atoms with E-state index in [0.717, 1.165) is 32.1 Å². The van der Waals surface area contributed by atoms with Gasteiger partial charge in [-0.25, -0.2) is 9.36 Å². The Bertz CT molecular complexity index is 894. The lowest BCUT2D eigenvalue weighted by atomic mass is 10.0. The number of carbonyl (C=O) groups is 2. The number of rotatable bonds is 37. The van der Waals surface area contributed by atoms with E-state index in [1.807, 2.05) is 6.08 Å². The minimum atomic E-state index is -4.63. The smallest absolute Gasteiger partial charge is 0.462 e. The SMILES string of the molecule is CCCCCCCCCCCCC/C=C/C=C/C(=O)O[C@H](COC(=O)CCCCCCCCCCCCCC)COP(=O)(O)OC[C@@H](O)CO. The van der Waals surface area contributed by atoms with Crippen LogP contribution in [0, 0.1) is 0 Å². The molecule has 0 heterocycles. The van der Waals surface area contributed by atoms with Gasteiger partial charge < -0.3 is 24.6 Å². The molecule has 0 aromatic rings. The van der Waals surface area contributed by atoms with Crippen LogP contribution in [0.15, 0.2) is 24.3 Å². The van der Waals surface area contributed by atoms with E-state index in [0.29, 0.717) is 6.42 Å². The number of hydrogen-bond donors (Lipinski definition) is 3. The molecule has 3 N–H and O–H groups in total. The van der Waals surface area contributed by atoms with Crippen molar-refractivity contribution in [1.29, 1.82) is 0 Å². The standard InChI is InChI=1S/C39H73O10P/c1-3-5-7-9-11-13-15-17-18-19-21-23-25-27-29-31-39(43)49-37(35-48-50(44,45)47-33-36(41)32-40)34-46-38(42)30-28-26-24-22-20-16-14-12-10-8-6-4-2/h25,27,29,31,36-37,40-41H,3-24,26,28,30,32-35H2,1-2H3,(H,44,45)/b27-25+,31-29+/t36-,37+/m0/s1. The number of ether oxygens (including phenoxy) is 2. The first-order chi connectivity index (χ1) is 24.2. The summed E-state index contributed by atoms with van der Waals surface area (Å²) >= 11 is 0. The molecule has 0 saturated heterocycles. The number of hydrogen-bond acceptors (Lipinski definition) is 9. The van der Waals surface area contributed by atoms with E-state index in [-0.39, 0.29) is 13.0 Å². The van der Waals surface area contributed by atoms with E-state index in [9.17, 15) is 24.2 Å². The predicted molar refractivity (Wildman–Crippen MR) is 201 cm³/mol. The van der Waals surface area contributed by atoms with Crippen LogP contribution < -0.4 is 0 Å². The zero-order chi connectivity index (χ0) is 37.0. The van der Waals surface area contributed by atoms with Crippen LogP contribution in [0.1, 0.15) is 174 Å². The minimum absolute atomic E-state index is 0.226. The highest BCUT2D eigenvalue weighted by Crippen LogP contribution is 2.43. The molecule has 0 amide bonds. The van der Waals surface area contributed by atoms with Gasteiger partial charge in [-0.2, -0.15) is 0 Å². The van der Waals surface area contributed by atoms with E-state index >= 15 is 0 Å². The third kappa shape index (κ3) is 34.9. The third-order valence-corrected chi connectivity index (χ3v) is 9.42. The van der Waals surface area contributed by atoms with Gasteiger partial charge in [0.1, 0.15) is 12.7 Å². The van der Waals surface area contributed by atoms with E-state index in [1.54, 1.807) is 12.2 Å². The first-order valence-corrected chi connectivity index (χ1v) is 21.3. The number of phosphoric ester groups is 1. The summed E-state index contributed by atoms with van der Waals surface area (Å²) in [6.45, 7) is 2.25. The van der Waals surface area contributed by atoms with Crippen molar-refractivity contribution in [2.24, 2.45) is 0 Å². The lowest BCUT2D eigenvalue weighted by Gasteiger charge is -2.19. The summed E-state index contributed by atoms with van der Waals surface area (Å²) in [5.41, 5.74) is 0. The molecule has 294 valence electrons. The van der Waals surface area contributed by atoms with Gasteiger partial charge in [0, 0.05) is 12.5 Å². The molecule has 0 aliphatic carbocycles. The Morgan fingerprint density at radius 2 is 1.10 bits per heavy atom. The van der Waals surface area contributed by atoms with Gasteiger partial charge in [0.25, 0.3) is 0 Å². The number of allylic oxidation sites excluding steroid dienone is 3. The Balaban J connectivity index is 4.45. The van der Waals surface area contributed by atoms with E-state index < -0.39 is 51.8 Å². The number of carbonyl (C=O) groups excluding carboxylic acids is 2. The molecular formula is C39H73O10P. The molecule has 0 bridgehead atoms. The fourth-order valence-electron chi connectivity index (χ4n) is 5.37. The Kier molecular flexibility index (Phi) is 34.7. The second kappa shape index (κ2) is 35.8. The number of phosphoric acid groups is 1. The molecule has 0 spiro atoms. The van der Waals surface area contributed by atoms with Gasteiger partial charge in [-0.3, -0.25) is 13.8 Å². The number of unbranched alkanes of at least 4 members (excludes halogenated alkanes) is 22. The van der Waals surface area contributed by atoms with E-state index in [1.165, 1.54) is 122 Å². The van der Waals surface area contributed by atoms with Crippen molar-refractivity contribution in [2.45, 2.75) is 187 Å². The Morgan fingerprint density at radius 3 is 1.60 bits per heavy atom. The molecule has 0 aromatic heterocycles. The summed E-state index contributed by atoms with van der Waals surface area (Å²) in [7, 11) is -4.63. The van der Waals surface area contributed by atoms with Crippen molar-refractivity contribution in [1.82, 2.24) is 0 Å². The normalized spacial score (nSPS) is 14.3. The maximum absolute atomic E-state index is 12.4. The average molecular weight is 733 g/mol. The highest BCUT2D eigenvalue weighted by Gasteiger charge is 2.26. The van der Waals surface area contributed by atoms with Gasteiger partial charge in [-0.1, -0.05) is 167 Å². The number of esters is 2. The van der Waals surface area contributed by atoms with Crippen LogP contribution in [0.3, 0.4) is 0 Å². The lowest BCUT2D eigenvalue weighted by molar-refractivity contribution is -0.157. The van der Waals surface area contributed by atoms with Crippen molar-refractivity contribution >= 4 is 19.8 Å². The van der Waals surface area contributed by atoms with Crippen LogP contribution in [0.4, 0.5) is 0 Å². The van der Waals surface area contributed by atoms with Gasteiger partial charge in [0.15, 0.2) is 6.10 Å². The first-order valence-electron chi connectivity index (χ1n) is 19.8. The molecule has 0 aromatic carbocycles. The van der Waals surface area contributed by atoms with Gasteiger partial charge in [0.05, 0.1) is 19.8 Å². The van der Waals surface area contributed by atoms with Crippen LogP contribution in [0.5, 0.6) is 0 Å². The van der Waals surface area contributed by atoms with Crippen LogP contribution >= 0.6 is 7.82 Å². The summed E-state index contributed by atoms with van der Waals surface area (Å²) < 4.78 is 32.4. The molecule has 0 rings (SSSR count). The van der Waals surface area contributed by atoms with Crippen LogP contribution in [-0.4, -0.2) is 65.7 Å². The fraction of sp³-hybridized carbons (Fsp3) is 0.846. The molecule has 10 nitrogen and oxygen atoms in total. The summed E-state index contributed by atoms with van der Waals surface area (Å²) in [6.07, 6.45) is 33.5. The van der Waals surface area contributed by atoms with Gasteiger partial charge >= 0.3 is 19.8 Å². The number of aliphatic hydroxyl groups is 2. The lowest BCUT2D eigenvalue weighted by Crippen LogP contribution is -2.29. The third-order valence-electron chi connectivity index (χ3n) is 8.47. The van der Waals surface area contributed by atoms with Crippen molar-refractivity contribution in [3.63, 3.8) is 0 Å². The molecule has 0 radical (unpaired) electrons. The maximum Gasteiger partial charge on any atom is 0.472 e. The van der Waals surface area contributed by atoms with Crippen LogP contribution in [-0.2, 0) is 32.7 Å². The fourth-order valence-corrected chi connectivity index (χ4v) is 6.16. The minimum Gasteiger partial charge on any atom is -0.462 e. The molecule has 0 saturated carbocycles. The van der Waals surface area contributed by atoms with Crippen molar-refractivity contribution < 1.29 is 47.8 Å². The average Bonchev–Trinajstić information content (AvgIpc) is 3.10. The monoisotopic (exact) mass is 732 g/mol. The van der Waals surface area contributed by atoms with Crippen LogP contribution in [0.25, 0.3) is 0 Å². The Labute approximate surface area is 304 Å². The van der Waals surface area contributed by atoms with E-state index in [4.69, 9.17) is 19.1 Å². The van der Waals surface area contributed by atoms with E-state index in [2.05, 4.69) is 18.4 Å². The molecule has 50 heavy (non-hydrogen) atoms. The molecular weight excluding hydrogens is 659 g/mol. The van der Waals surface area contributed by atoms with Gasteiger partial charge in [0.2, 0.25) is 0 Å². The first kappa shape index (κ1) is 48.5. The second-order valence-electron chi connectivity index (χ2n) is 13.4. The molecule has 0 aliphatic heterocycles. The predicted octanol–water partition coefficient (Wildman–Crippen LogP) is 9.83. The molecule has 0 aliphatic rings. The zero-order valence-electron chi connectivity index (χ0n) is 31.6. The Morgan fingerprint density at radius 1 is 0.640 bits per heavy atom. The topological polar surface area (TPSA) is 149 Å². The highest BCUT2D eigenvalue weighted by molar-refractivity contribution is 7.47. The molecule has 1 unspecified atom stereocenters. The van der Waals surface area contributed by atoms with Gasteiger partial charge in [-0.15, -0.1) is 0 Å². The Hall–Kier alpha value is -1.55. The van der Waals surface area contributed by atoms with Crippen molar-refractivity contribution in [3.8, 4) is 0 Å². The second-order valence-corrected chi connectivity index (χ2v) is 14.8. The summed E-state index contributed by atoms with van der Waals surface area (Å²) in [5.74, 6) is -1.17. The number of aliphatic hydroxyl groups excluding tert-OH is 2.